The molecule has 1 heterocycles. The van der Waals surface area contributed by atoms with Gasteiger partial charge in [0.1, 0.15) is 5.69 Å². The number of imide groups is 1. The van der Waals surface area contributed by atoms with E-state index in [1.807, 2.05) is 0 Å². The molecule has 20 heavy (non-hydrogen) atoms. The van der Waals surface area contributed by atoms with Gasteiger partial charge in [0.15, 0.2) is 0 Å². The molecule has 0 saturated carbocycles. The Kier molecular flexibility index (Phi) is 3.66. The summed E-state index contributed by atoms with van der Waals surface area (Å²) in [6, 6.07) is 3.99. The molecule has 1 aliphatic heterocycles. The van der Waals surface area contributed by atoms with Gasteiger partial charge in [-0.25, -0.2) is 0 Å². The van der Waals surface area contributed by atoms with Gasteiger partial charge in [0.25, 0.3) is 5.69 Å². The van der Waals surface area contributed by atoms with Crippen LogP contribution in [-0.4, -0.2) is 34.2 Å². The van der Waals surface area contributed by atoms with Gasteiger partial charge < -0.3 is 5.73 Å². The molecule has 2 rings (SSSR count). The van der Waals surface area contributed by atoms with Gasteiger partial charge >= 0.3 is 0 Å². The lowest BCUT2D eigenvalue weighted by Gasteiger charge is -2.31. The molecular formula is C12H14N4O4. The molecule has 3 N–H and O–H groups in total. The molecule has 0 radical (unpaired) electrons. The fourth-order valence-electron chi connectivity index (χ4n) is 2.08. The number of carbonyl (C=O) groups excluding carboxylic acids is 2. The van der Waals surface area contributed by atoms with Crippen molar-refractivity contribution in [2.45, 2.75) is 19.5 Å². The standard InChI is InChI=1S/C12H14N4O4/c1-7-12(18)14-10(17)6-15(7)5-8-3-2-4-9(11(8)13)16(19)20/h2-4,7H,5-6,13H2,1H3,(H,14,17,18). The quantitative estimate of drug-likeness (QED) is 0.348. The van der Waals surface area contributed by atoms with E-state index in [1.165, 1.54) is 12.1 Å². The van der Waals surface area contributed by atoms with Crippen LogP contribution in [0.1, 0.15) is 12.5 Å². The normalized spacial score (nSPS) is 19.8. The first kappa shape index (κ1) is 13.9. The fourth-order valence-corrected chi connectivity index (χ4v) is 2.08. The Bertz CT molecular complexity index is 587. The minimum atomic E-state index is -0.559. The van der Waals surface area contributed by atoms with Crippen LogP contribution in [0, 0.1) is 10.1 Å². The number of nitrogen functional groups attached to an aromatic ring is 1. The molecule has 1 aromatic rings. The molecule has 1 fully saturated rings. The minimum Gasteiger partial charge on any atom is -0.393 e. The second-order valence-corrected chi connectivity index (χ2v) is 4.60. The van der Waals surface area contributed by atoms with E-state index in [2.05, 4.69) is 5.32 Å². The van der Waals surface area contributed by atoms with E-state index in [-0.39, 0.29) is 30.4 Å². The Hall–Kier alpha value is -2.48. The first-order valence-corrected chi connectivity index (χ1v) is 5.99. The lowest BCUT2D eigenvalue weighted by Crippen LogP contribution is -2.56. The molecule has 0 aromatic heterocycles. The zero-order valence-electron chi connectivity index (χ0n) is 10.8. The summed E-state index contributed by atoms with van der Waals surface area (Å²) in [6.07, 6.45) is 0. The van der Waals surface area contributed by atoms with Gasteiger partial charge in [-0.3, -0.25) is 29.9 Å². The largest absolute Gasteiger partial charge is 0.393 e. The molecule has 1 aliphatic rings. The molecule has 106 valence electrons. The van der Waals surface area contributed by atoms with Crippen molar-refractivity contribution in [2.24, 2.45) is 0 Å². The number of piperazine rings is 1. The SMILES string of the molecule is CC1C(=O)NC(=O)CN1Cc1cccc([N+](=O)[O-])c1N. The van der Waals surface area contributed by atoms with Gasteiger partial charge in [0, 0.05) is 12.6 Å². The van der Waals surface area contributed by atoms with E-state index in [4.69, 9.17) is 5.73 Å². The molecule has 1 unspecified atom stereocenters. The van der Waals surface area contributed by atoms with Crippen LogP contribution in [0.3, 0.4) is 0 Å². The fraction of sp³-hybridized carbons (Fsp3) is 0.333. The van der Waals surface area contributed by atoms with Crippen LogP contribution in [0.5, 0.6) is 0 Å². The molecule has 1 saturated heterocycles. The third-order valence-corrected chi connectivity index (χ3v) is 3.28. The van der Waals surface area contributed by atoms with E-state index in [1.54, 1.807) is 17.9 Å². The van der Waals surface area contributed by atoms with Crippen molar-refractivity contribution >= 4 is 23.2 Å². The molecule has 1 atom stereocenters. The number of nitro groups is 1. The van der Waals surface area contributed by atoms with Crippen molar-refractivity contribution in [3.8, 4) is 0 Å². The maximum absolute atomic E-state index is 11.6. The van der Waals surface area contributed by atoms with Crippen molar-refractivity contribution in [2.75, 3.05) is 12.3 Å². The summed E-state index contributed by atoms with van der Waals surface area (Å²) in [5.74, 6) is -0.776. The van der Waals surface area contributed by atoms with E-state index < -0.39 is 16.9 Å². The lowest BCUT2D eigenvalue weighted by atomic mass is 10.1. The Morgan fingerprint density at radius 3 is 2.85 bits per heavy atom. The summed E-state index contributed by atoms with van der Waals surface area (Å²) >= 11 is 0. The third kappa shape index (κ3) is 2.59. The number of nitrogens with zero attached hydrogens (tertiary/aromatic N) is 2. The highest BCUT2D eigenvalue weighted by Crippen LogP contribution is 2.26. The molecule has 2 amide bonds. The van der Waals surface area contributed by atoms with Crippen LogP contribution in [0.4, 0.5) is 11.4 Å². The Labute approximate surface area is 114 Å². The van der Waals surface area contributed by atoms with Gasteiger partial charge in [0.2, 0.25) is 11.8 Å². The van der Waals surface area contributed by atoms with E-state index in [0.717, 1.165) is 0 Å². The number of anilines is 1. The Morgan fingerprint density at radius 2 is 2.20 bits per heavy atom. The number of amides is 2. The van der Waals surface area contributed by atoms with Crippen LogP contribution >= 0.6 is 0 Å². The molecule has 0 bridgehead atoms. The number of nitrogens with two attached hydrogens (primary N) is 1. The summed E-state index contributed by atoms with van der Waals surface area (Å²) in [6.45, 7) is 1.91. The van der Waals surface area contributed by atoms with Gasteiger partial charge in [-0.2, -0.15) is 0 Å². The zero-order chi connectivity index (χ0) is 14.9. The monoisotopic (exact) mass is 278 g/mol. The molecular weight excluding hydrogens is 264 g/mol. The molecule has 0 aliphatic carbocycles. The summed E-state index contributed by atoms with van der Waals surface area (Å²) < 4.78 is 0. The van der Waals surface area contributed by atoms with Crippen molar-refractivity contribution in [1.29, 1.82) is 0 Å². The number of benzene rings is 1. The van der Waals surface area contributed by atoms with Crippen LogP contribution in [0.15, 0.2) is 18.2 Å². The number of rotatable bonds is 3. The molecule has 8 heteroatoms. The van der Waals surface area contributed by atoms with Gasteiger partial charge in [0.05, 0.1) is 17.5 Å². The van der Waals surface area contributed by atoms with E-state index in [0.29, 0.717) is 5.56 Å². The van der Waals surface area contributed by atoms with Crippen LogP contribution in [-0.2, 0) is 16.1 Å². The summed E-state index contributed by atoms with van der Waals surface area (Å²) in [4.78, 5) is 34.8. The van der Waals surface area contributed by atoms with Gasteiger partial charge in [-0.05, 0) is 12.5 Å². The second kappa shape index (κ2) is 5.25. The zero-order valence-corrected chi connectivity index (χ0v) is 10.8. The molecule has 8 nitrogen and oxygen atoms in total. The maximum Gasteiger partial charge on any atom is 0.292 e. The Balaban J connectivity index is 2.25. The van der Waals surface area contributed by atoms with Crippen molar-refractivity contribution in [3.05, 3.63) is 33.9 Å². The van der Waals surface area contributed by atoms with E-state index >= 15 is 0 Å². The number of nitro benzene ring substituents is 1. The predicted octanol–water partition coefficient (Wildman–Crippen LogP) is 0.0239. The number of carbonyl (C=O) groups is 2. The predicted molar refractivity (Wildman–Crippen MR) is 70.5 cm³/mol. The van der Waals surface area contributed by atoms with Crippen molar-refractivity contribution < 1.29 is 14.5 Å². The van der Waals surface area contributed by atoms with Gasteiger partial charge in [-0.1, -0.05) is 12.1 Å². The minimum absolute atomic E-state index is 0.0506. The number of para-hydroxylation sites is 1. The molecule has 0 spiro atoms. The number of nitrogens with one attached hydrogen (secondary N) is 1. The highest BCUT2D eigenvalue weighted by molar-refractivity contribution is 6.00. The second-order valence-electron chi connectivity index (χ2n) is 4.60. The average Bonchev–Trinajstić information content (AvgIpc) is 2.37. The third-order valence-electron chi connectivity index (χ3n) is 3.28. The van der Waals surface area contributed by atoms with Crippen molar-refractivity contribution in [3.63, 3.8) is 0 Å². The van der Waals surface area contributed by atoms with Crippen LogP contribution in [0.25, 0.3) is 0 Å². The summed E-state index contributed by atoms with van der Waals surface area (Å²) in [5.41, 5.74) is 6.16. The first-order valence-electron chi connectivity index (χ1n) is 5.99. The maximum atomic E-state index is 11.6. The number of hydrogen-bond acceptors (Lipinski definition) is 6. The average molecular weight is 278 g/mol. The smallest absolute Gasteiger partial charge is 0.292 e. The number of hydrogen-bond donors (Lipinski definition) is 2. The van der Waals surface area contributed by atoms with Crippen LogP contribution in [0.2, 0.25) is 0 Å². The lowest BCUT2D eigenvalue weighted by molar-refractivity contribution is -0.384. The van der Waals surface area contributed by atoms with Crippen LogP contribution < -0.4 is 11.1 Å². The summed E-state index contributed by atoms with van der Waals surface area (Å²) in [7, 11) is 0. The van der Waals surface area contributed by atoms with Crippen molar-refractivity contribution in [1.82, 2.24) is 10.2 Å². The van der Waals surface area contributed by atoms with Gasteiger partial charge in [-0.15, -0.1) is 0 Å². The topological polar surface area (TPSA) is 119 Å². The Morgan fingerprint density at radius 1 is 1.50 bits per heavy atom. The highest BCUT2D eigenvalue weighted by atomic mass is 16.6. The first-order chi connectivity index (χ1) is 9.40. The van der Waals surface area contributed by atoms with E-state index in [9.17, 15) is 19.7 Å². The summed E-state index contributed by atoms with van der Waals surface area (Å²) in [5, 5.41) is 13.1. The molecule has 1 aromatic carbocycles. The highest BCUT2D eigenvalue weighted by Gasteiger charge is 2.30.